The molecule has 1 aliphatic heterocycles. The van der Waals surface area contributed by atoms with Gasteiger partial charge in [0.1, 0.15) is 0 Å². The minimum atomic E-state index is -0.119. The molecule has 5 rings (SSSR count). The Labute approximate surface area is 182 Å². The summed E-state index contributed by atoms with van der Waals surface area (Å²) in [5.41, 5.74) is 3.79. The Hall–Kier alpha value is -2.55. The Morgan fingerprint density at radius 1 is 1.33 bits per heavy atom. The lowest BCUT2D eigenvalue weighted by atomic mass is 10.1. The highest BCUT2D eigenvalue weighted by atomic mass is 32.1. The number of pyridine rings is 1. The molecule has 0 aliphatic carbocycles. The summed E-state index contributed by atoms with van der Waals surface area (Å²) in [4.78, 5) is 22.6. The molecule has 0 fully saturated rings. The number of hydrogen-bond acceptors (Lipinski definition) is 7. The number of amides is 1. The average Bonchev–Trinajstić information content (AvgIpc) is 3.51. The van der Waals surface area contributed by atoms with Crippen LogP contribution in [0.1, 0.15) is 33.4 Å². The third kappa shape index (κ3) is 3.55. The summed E-state index contributed by atoms with van der Waals surface area (Å²) in [7, 11) is 0. The van der Waals surface area contributed by atoms with Crippen molar-refractivity contribution in [2.24, 2.45) is 0 Å². The van der Waals surface area contributed by atoms with E-state index in [1.165, 1.54) is 10.4 Å². The number of fused-ring (bicyclic) bond motifs is 2. The van der Waals surface area contributed by atoms with E-state index in [0.29, 0.717) is 28.9 Å². The molecule has 154 valence electrons. The molecule has 30 heavy (non-hydrogen) atoms. The van der Waals surface area contributed by atoms with Gasteiger partial charge >= 0.3 is 0 Å². The van der Waals surface area contributed by atoms with Crippen molar-refractivity contribution in [3.8, 4) is 10.6 Å². The summed E-state index contributed by atoms with van der Waals surface area (Å²) in [6, 6.07) is 8.26. The van der Waals surface area contributed by atoms with Gasteiger partial charge in [0.25, 0.3) is 11.6 Å². The fourth-order valence-corrected chi connectivity index (χ4v) is 5.51. The van der Waals surface area contributed by atoms with E-state index in [0.717, 1.165) is 30.1 Å². The Kier molecular flexibility index (Phi) is 5.14. The molecule has 0 aromatic carbocycles. The lowest BCUT2D eigenvalue weighted by Crippen LogP contribution is -2.44. The first-order valence-corrected chi connectivity index (χ1v) is 11.7. The van der Waals surface area contributed by atoms with Crippen LogP contribution in [0, 0.1) is 6.92 Å². The predicted octanol–water partition coefficient (Wildman–Crippen LogP) is 4.50. The molecular formula is C22H22N4O2S2. The number of aromatic nitrogens is 2. The standard InChI is InChI=1S/C22H22N4O2S2/c1-13(26-7-5-18-15(12-26)6-9-30-18)11-23-21(27)16-10-17(19-4-3-8-29-19)24-22-20(16)14(2)25-28-22/h3-4,6,8-10,13H,5,7,11-12H2,1-2H3,(H,23,27). The number of carbonyl (C=O) groups is 1. The highest BCUT2D eigenvalue weighted by molar-refractivity contribution is 7.13. The lowest BCUT2D eigenvalue weighted by Gasteiger charge is -2.32. The molecule has 1 unspecified atom stereocenters. The zero-order chi connectivity index (χ0) is 20.7. The summed E-state index contributed by atoms with van der Waals surface area (Å²) in [5, 5.41) is 12.0. The number of hydrogen-bond donors (Lipinski definition) is 1. The number of rotatable bonds is 5. The quantitative estimate of drug-likeness (QED) is 0.497. The smallest absolute Gasteiger partial charge is 0.259 e. The second-order valence-corrected chi connectivity index (χ2v) is 9.58. The van der Waals surface area contributed by atoms with Gasteiger partial charge in [-0.15, -0.1) is 22.7 Å². The summed E-state index contributed by atoms with van der Waals surface area (Å²) < 4.78 is 5.38. The first-order valence-electron chi connectivity index (χ1n) is 9.98. The van der Waals surface area contributed by atoms with Crippen LogP contribution in [-0.2, 0) is 13.0 Å². The van der Waals surface area contributed by atoms with Crippen molar-refractivity contribution in [2.45, 2.75) is 32.9 Å². The molecule has 0 spiro atoms. The Morgan fingerprint density at radius 3 is 3.07 bits per heavy atom. The maximum absolute atomic E-state index is 13.2. The number of nitrogens with one attached hydrogen (secondary N) is 1. The van der Waals surface area contributed by atoms with Crippen LogP contribution >= 0.6 is 22.7 Å². The van der Waals surface area contributed by atoms with Crippen LogP contribution in [0.3, 0.4) is 0 Å². The normalized spacial score (nSPS) is 15.3. The molecule has 6 nitrogen and oxygen atoms in total. The van der Waals surface area contributed by atoms with Crippen LogP contribution in [0.4, 0.5) is 0 Å². The molecule has 0 saturated heterocycles. The minimum Gasteiger partial charge on any atom is -0.350 e. The van der Waals surface area contributed by atoms with Crippen molar-refractivity contribution in [3.05, 3.63) is 56.7 Å². The Morgan fingerprint density at radius 2 is 2.23 bits per heavy atom. The van der Waals surface area contributed by atoms with Crippen molar-refractivity contribution in [2.75, 3.05) is 13.1 Å². The van der Waals surface area contributed by atoms with Gasteiger partial charge in [0.05, 0.1) is 27.2 Å². The summed E-state index contributed by atoms with van der Waals surface area (Å²) in [5.74, 6) is -0.119. The topological polar surface area (TPSA) is 71.3 Å². The molecule has 5 heterocycles. The van der Waals surface area contributed by atoms with Crippen LogP contribution in [0.25, 0.3) is 21.7 Å². The van der Waals surface area contributed by atoms with E-state index < -0.39 is 0 Å². The highest BCUT2D eigenvalue weighted by Crippen LogP contribution is 2.29. The van der Waals surface area contributed by atoms with Crippen LogP contribution in [0.2, 0.25) is 0 Å². The Bertz CT molecular complexity index is 1200. The van der Waals surface area contributed by atoms with E-state index in [1.54, 1.807) is 11.3 Å². The van der Waals surface area contributed by atoms with Gasteiger partial charge in [0.15, 0.2) is 0 Å². The first kappa shape index (κ1) is 19.4. The van der Waals surface area contributed by atoms with Crippen LogP contribution in [-0.4, -0.2) is 40.1 Å². The molecule has 8 heteroatoms. The minimum absolute atomic E-state index is 0.119. The van der Waals surface area contributed by atoms with Crippen LogP contribution in [0.15, 0.2) is 39.5 Å². The van der Waals surface area contributed by atoms with Gasteiger partial charge in [-0.05, 0) is 54.8 Å². The van der Waals surface area contributed by atoms with E-state index in [1.807, 2.05) is 41.8 Å². The molecule has 0 radical (unpaired) electrons. The first-order chi connectivity index (χ1) is 14.6. The molecule has 4 aromatic heterocycles. The van der Waals surface area contributed by atoms with Gasteiger partial charge in [0, 0.05) is 30.6 Å². The maximum Gasteiger partial charge on any atom is 0.259 e. The largest absolute Gasteiger partial charge is 0.350 e. The van der Waals surface area contributed by atoms with Crippen molar-refractivity contribution < 1.29 is 9.32 Å². The SMILES string of the molecule is Cc1noc2nc(-c3cccs3)cc(C(=O)NCC(C)N3CCc4sccc4C3)c12. The maximum atomic E-state index is 13.2. The average molecular weight is 439 g/mol. The van der Waals surface area contributed by atoms with Crippen LogP contribution in [0.5, 0.6) is 0 Å². The molecule has 4 aromatic rings. The van der Waals surface area contributed by atoms with Gasteiger partial charge in [-0.1, -0.05) is 11.2 Å². The van der Waals surface area contributed by atoms with E-state index >= 15 is 0 Å². The third-order valence-electron chi connectivity index (χ3n) is 5.65. The number of aryl methyl sites for hydroxylation is 1. The number of carbonyl (C=O) groups excluding carboxylic acids is 1. The third-order valence-corrected chi connectivity index (χ3v) is 7.57. The highest BCUT2D eigenvalue weighted by Gasteiger charge is 2.23. The summed E-state index contributed by atoms with van der Waals surface area (Å²) >= 11 is 3.42. The van der Waals surface area contributed by atoms with Gasteiger partial charge in [-0.2, -0.15) is 0 Å². The number of thiophene rings is 2. The van der Waals surface area contributed by atoms with Crippen molar-refractivity contribution in [1.82, 2.24) is 20.4 Å². The molecular weight excluding hydrogens is 416 g/mol. The van der Waals surface area contributed by atoms with Gasteiger partial charge in [-0.25, -0.2) is 4.98 Å². The van der Waals surface area contributed by atoms with Gasteiger partial charge in [-0.3, -0.25) is 9.69 Å². The lowest BCUT2D eigenvalue weighted by molar-refractivity contribution is 0.0934. The molecule has 1 amide bonds. The second kappa shape index (κ2) is 7.94. The molecule has 1 atom stereocenters. The Balaban J connectivity index is 1.35. The van der Waals surface area contributed by atoms with Crippen molar-refractivity contribution >= 4 is 39.7 Å². The zero-order valence-corrected chi connectivity index (χ0v) is 18.5. The van der Waals surface area contributed by atoms with E-state index in [-0.39, 0.29) is 11.9 Å². The number of nitrogens with zero attached hydrogens (tertiary/aromatic N) is 3. The predicted molar refractivity (Wildman–Crippen MR) is 120 cm³/mol. The summed E-state index contributed by atoms with van der Waals surface area (Å²) in [6.07, 6.45) is 1.08. The molecule has 1 aliphatic rings. The van der Waals surface area contributed by atoms with E-state index in [2.05, 4.69) is 38.7 Å². The van der Waals surface area contributed by atoms with Crippen molar-refractivity contribution in [3.63, 3.8) is 0 Å². The summed E-state index contributed by atoms with van der Waals surface area (Å²) in [6.45, 7) is 6.56. The van der Waals surface area contributed by atoms with E-state index in [9.17, 15) is 4.79 Å². The molecule has 1 N–H and O–H groups in total. The molecule has 0 bridgehead atoms. The monoisotopic (exact) mass is 438 g/mol. The fourth-order valence-electron chi connectivity index (χ4n) is 3.94. The van der Waals surface area contributed by atoms with Gasteiger partial charge in [0.2, 0.25) is 0 Å². The molecule has 0 saturated carbocycles. The zero-order valence-electron chi connectivity index (χ0n) is 16.8. The van der Waals surface area contributed by atoms with Crippen LogP contribution < -0.4 is 5.32 Å². The fraction of sp³-hybridized carbons (Fsp3) is 0.318. The van der Waals surface area contributed by atoms with Gasteiger partial charge < -0.3 is 9.84 Å². The van der Waals surface area contributed by atoms with Crippen molar-refractivity contribution in [1.29, 1.82) is 0 Å². The van der Waals surface area contributed by atoms with E-state index in [4.69, 9.17) is 4.52 Å². The second-order valence-electron chi connectivity index (χ2n) is 7.63.